The first-order valence-corrected chi connectivity index (χ1v) is 11.1. The number of hydrogen-bond acceptors (Lipinski definition) is 4. The first-order valence-electron chi connectivity index (χ1n) is 9.98. The fourth-order valence-corrected chi connectivity index (χ4v) is 3.92. The van der Waals surface area contributed by atoms with Gasteiger partial charge in [-0.15, -0.1) is 23.2 Å². The van der Waals surface area contributed by atoms with Gasteiger partial charge in [0.25, 0.3) is 5.91 Å². The van der Waals surface area contributed by atoms with Gasteiger partial charge in [0.2, 0.25) is 11.8 Å². The number of rotatable bonds is 6. The van der Waals surface area contributed by atoms with Gasteiger partial charge in [-0.1, -0.05) is 11.6 Å². The number of nitrogens with zero attached hydrogens (tertiary/aromatic N) is 1. The number of nitriles is 1. The fourth-order valence-electron chi connectivity index (χ4n) is 3.21. The first kappa shape index (κ1) is 24.2. The Morgan fingerprint density at radius 2 is 1.74 bits per heavy atom. The Kier molecular flexibility index (Phi) is 6.19. The number of hydrogen-bond donors (Lipinski definition) is 3. The van der Waals surface area contributed by atoms with Gasteiger partial charge in [-0.25, -0.2) is 8.78 Å². The summed E-state index contributed by atoms with van der Waals surface area (Å²) in [6.45, 7) is 0. The van der Waals surface area contributed by atoms with Crippen LogP contribution in [0.3, 0.4) is 0 Å². The number of carbonyl (C=O) groups is 3. The van der Waals surface area contributed by atoms with Crippen LogP contribution in [0.4, 0.5) is 25.8 Å². The van der Waals surface area contributed by atoms with E-state index in [0.29, 0.717) is 6.42 Å². The first-order chi connectivity index (χ1) is 16.0. The summed E-state index contributed by atoms with van der Waals surface area (Å²) >= 11 is 17.9. The molecule has 12 heteroatoms. The van der Waals surface area contributed by atoms with Crippen LogP contribution < -0.4 is 16.0 Å². The maximum atomic E-state index is 14.9. The molecule has 0 bridgehead atoms. The third-order valence-corrected chi connectivity index (χ3v) is 6.76. The Morgan fingerprint density at radius 3 is 2.32 bits per heavy atom. The van der Waals surface area contributed by atoms with Crippen LogP contribution in [0.5, 0.6) is 0 Å². The summed E-state index contributed by atoms with van der Waals surface area (Å²) in [7, 11) is 0. The van der Waals surface area contributed by atoms with Crippen molar-refractivity contribution < 1.29 is 23.2 Å². The maximum Gasteiger partial charge on any atom is 0.257 e. The van der Waals surface area contributed by atoms with Crippen molar-refractivity contribution in [1.82, 2.24) is 0 Å². The van der Waals surface area contributed by atoms with E-state index in [9.17, 15) is 23.2 Å². The zero-order valence-electron chi connectivity index (χ0n) is 17.1. The molecular weight excluding hydrogens is 513 g/mol. The molecule has 2 aromatic rings. The van der Waals surface area contributed by atoms with Gasteiger partial charge in [0.05, 0.1) is 28.3 Å². The topological polar surface area (TPSA) is 111 Å². The number of benzene rings is 2. The molecule has 34 heavy (non-hydrogen) atoms. The van der Waals surface area contributed by atoms with Crippen LogP contribution in [0, 0.1) is 34.3 Å². The van der Waals surface area contributed by atoms with Crippen LogP contribution in [-0.4, -0.2) is 22.1 Å². The molecule has 0 radical (unpaired) electrons. The summed E-state index contributed by atoms with van der Waals surface area (Å²) < 4.78 is 28.0. The molecule has 2 aliphatic carbocycles. The Labute approximate surface area is 207 Å². The summed E-state index contributed by atoms with van der Waals surface area (Å²) in [5, 5.41) is 16.0. The predicted molar refractivity (Wildman–Crippen MR) is 123 cm³/mol. The van der Waals surface area contributed by atoms with E-state index in [2.05, 4.69) is 16.0 Å². The highest BCUT2D eigenvalue weighted by atomic mass is 35.5. The molecule has 2 saturated carbocycles. The van der Waals surface area contributed by atoms with Gasteiger partial charge in [0, 0.05) is 5.69 Å². The molecule has 176 valence electrons. The number of alkyl halides is 2. The van der Waals surface area contributed by atoms with Crippen molar-refractivity contribution in [2.45, 2.75) is 23.6 Å². The summed E-state index contributed by atoms with van der Waals surface area (Å²) in [5.74, 6) is -5.01. The van der Waals surface area contributed by atoms with Crippen LogP contribution in [-0.2, 0) is 9.59 Å². The van der Waals surface area contributed by atoms with E-state index in [1.54, 1.807) is 0 Å². The number of halogens is 5. The van der Waals surface area contributed by atoms with Gasteiger partial charge >= 0.3 is 0 Å². The van der Waals surface area contributed by atoms with Gasteiger partial charge in [0.1, 0.15) is 21.3 Å². The minimum Gasteiger partial charge on any atom is -0.326 e. The van der Waals surface area contributed by atoms with Crippen molar-refractivity contribution in [3.8, 4) is 6.07 Å². The summed E-state index contributed by atoms with van der Waals surface area (Å²) in [6, 6.07) is 7.76. The Balaban J connectivity index is 1.52. The highest BCUT2D eigenvalue weighted by molar-refractivity contribution is 6.52. The molecule has 0 saturated heterocycles. The highest BCUT2D eigenvalue weighted by Gasteiger charge is 2.56. The van der Waals surface area contributed by atoms with Crippen LogP contribution >= 0.6 is 34.8 Å². The molecule has 7 nitrogen and oxygen atoms in total. The largest absolute Gasteiger partial charge is 0.326 e. The summed E-state index contributed by atoms with van der Waals surface area (Å²) in [4.78, 5) is 37.2. The third kappa shape index (κ3) is 4.67. The van der Waals surface area contributed by atoms with Crippen molar-refractivity contribution in [3.63, 3.8) is 0 Å². The molecule has 4 rings (SSSR count). The monoisotopic (exact) mass is 526 g/mol. The average Bonchev–Trinajstić information content (AvgIpc) is 3.70. The van der Waals surface area contributed by atoms with Crippen LogP contribution in [0.1, 0.15) is 29.6 Å². The van der Waals surface area contributed by atoms with Crippen LogP contribution in [0.15, 0.2) is 30.3 Å². The summed E-state index contributed by atoms with van der Waals surface area (Å²) in [5.41, 5.74) is -2.39. The van der Waals surface area contributed by atoms with Crippen molar-refractivity contribution in [2.75, 3.05) is 16.0 Å². The van der Waals surface area contributed by atoms with E-state index in [1.807, 2.05) is 6.07 Å². The molecule has 3 amide bonds. The lowest BCUT2D eigenvalue weighted by atomic mass is 10.1. The molecule has 0 aliphatic heterocycles. The van der Waals surface area contributed by atoms with Crippen LogP contribution in [0.2, 0.25) is 5.02 Å². The van der Waals surface area contributed by atoms with Crippen molar-refractivity contribution >= 4 is 69.6 Å². The van der Waals surface area contributed by atoms with Gasteiger partial charge < -0.3 is 16.0 Å². The van der Waals surface area contributed by atoms with Gasteiger partial charge in [-0.3, -0.25) is 14.4 Å². The SMILES string of the molecule is N#CC1(C(=O)Nc2c(F)ccc(NC(=O)c3cc(NC(=O)C4CC4(Cl)Cl)ccc3Cl)c2F)CC1. The Hall–Kier alpha value is -2.93. The molecule has 2 aromatic carbocycles. The third-order valence-electron chi connectivity index (χ3n) is 5.60. The molecule has 1 unspecified atom stereocenters. The van der Waals surface area contributed by atoms with E-state index >= 15 is 0 Å². The summed E-state index contributed by atoms with van der Waals surface area (Å²) in [6.07, 6.45) is 0.872. The van der Waals surface area contributed by atoms with Gasteiger partial charge in [0.15, 0.2) is 5.82 Å². The second-order valence-electron chi connectivity index (χ2n) is 8.09. The van der Waals surface area contributed by atoms with Crippen molar-refractivity contribution in [1.29, 1.82) is 5.26 Å². The van der Waals surface area contributed by atoms with Crippen molar-refractivity contribution in [2.24, 2.45) is 11.3 Å². The predicted octanol–water partition coefficient (Wildman–Crippen LogP) is 5.25. The van der Waals surface area contributed by atoms with Crippen LogP contribution in [0.25, 0.3) is 0 Å². The second-order valence-corrected chi connectivity index (χ2v) is 10.0. The van der Waals surface area contributed by atoms with E-state index in [0.717, 1.165) is 12.1 Å². The number of carbonyl (C=O) groups excluding carboxylic acids is 3. The van der Waals surface area contributed by atoms with E-state index in [1.165, 1.54) is 18.2 Å². The minimum atomic E-state index is -1.30. The lowest BCUT2D eigenvalue weighted by molar-refractivity contribution is -0.119. The lowest BCUT2D eigenvalue weighted by Crippen LogP contribution is -2.24. The van der Waals surface area contributed by atoms with Gasteiger partial charge in [-0.05, 0) is 49.6 Å². The smallest absolute Gasteiger partial charge is 0.257 e. The molecule has 0 aromatic heterocycles. The van der Waals surface area contributed by atoms with E-state index in [-0.39, 0.29) is 29.1 Å². The number of anilines is 3. The molecule has 0 heterocycles. The quantitative estimate of drug-likeness (QED) is 0.446. The van der Waals surface area contributed by atoms with E-state index in [4.69, 9.17) is 40.1 Å². The zero-order valence-corrected chi connectivity index (χ0v) is 19.4. The highest BCUT2D eigenvalue weighted by Crippen LogP contribution is 2.53. The lowest BCUT2D eigenvalue weighted by Gasteiger charge is -2.14. The number of nitrogens with one attached hydrogen (secondary N) is 3. The standard InChI is InChI=1S/C22H15Cl3F2N4O3/c23-13-2-1-10(29-19(33)12-8-22(12,24)25)7-11(13)18(32)30-15-4-3-14(26)17(16(15)27)31-20(34)21(9-28)5-6-21/h1-4,7,12H,5-6,8H2,(H,29,33)(H,30,32)(H,31,34). The van der Waals surface area contributed by atoms with E-state index < -0.39 is 56.4 Å². The molecule has 1 atom stereocenters. The Morgan fingerprint density at radius 1 is 1.06 bits per heavy atom. The average molecular weight is 528 g/mol. The maximum absolute atomic E-state index is 14.9. The van der Waals surface area contributed by atoms with Crippen molar-refractivity contribution in [3.05, 3.63) is 52.6 Å². The molecule has 0 spiro atoms. The molecule has 3 N–H and O–H groups in total. The van der Waals surface area contributed by atoms with Gasteiger partial charge in [-0.2, -0.15) is 5.26 Å². The molecule has 2 fully saturated rings. The zero-order chi connectivity index (χ0) is 24.8. The molecular formula is C22H15Cl3F2N4O3. The molecule has 2 aliphatic rings. The number of amides is 3. The minimum absolute atomic E-state index is 0.00620. The Bertz CT molecular complexity index is 1270. The second kappa shape index (κ2) is 8.69. The normalized spacial score (nSPS) is 18.9. The fraction of sp³-hybridized carbons (Fsp3) is 0.273.